The van der Waals surface area contributed by atoms with E-state index < -0.39 is 17.8 Å². The topological polar surface area (TPSA) is 70.2 Å². The lowest BCUT2D eigenvalue weighted by Crippen LogP contribution is -2.49. The van der Waals surface area contributed by atoms with Crippen molar-refractivity contribution in [1.29, 1.82) is 0 Å². The third-order valence-electron chi connectivity index (χ3n) is 3.26. The Balaban J connectivity index is 2.24. The van der Waals surface area contributed by atoms with Crippen LogP contribution in [-0.4, -0.2) is 18.0 Å². The first-order chi connectivity index (χ1) is 10.5. The van der Waals surface area contributed by atoms with E-state index in [2.05, 4.69) is 23.1 Å². The monoisotopic (exact) mass is 309 g/mol. The van der Waals surface area contributed by atoms with Gasteiger partial charge in [0, 0.05) is 11.6 Å². The molecule has 3 N–H and O–H groups in total. The number of carbonyl (C=O) groups is 2. The summed E-state index contributed by atoms with van der Waals surface area (Å²) >= 11 is 0. The van der Waals surface area contributed by atoms with Gasteiger partial charge in [-0.3, -0.25) is 10.2 Å². The van der Waals surface area contributed by atoms with E-state index in [1.54, 1.807) is 0 Å². The number of carbonyl (C=O) groups excluding carboxylic acids is 2. The number of rotatable bonds is 7. The summed E-state index contributed by atoms with van der Waals surface area (Å²) < 4.78 is 12.7. The van der Waals surface area contributed by atoms with Gasteiger partial charge in [-0.05, 0) is 37.6 Å². The predicted molar refractivity (Wildman–Crippen MR) is 83.8 cm³/mol. The molecule has 0 aliphatic rings. The van der Waals surface area contributed by atoms with Gasteiger partial charge < -0.3 is 5.32 Å². The number of hydrogen-bond acceptors (Lipinski definition) is 2. The largest absolute Gasteiger partial charge is 0.334 e. The minimum Gasteiger partial charge on any atom is -0.334 e. The van der Waals surface area contributed by atoms with Gasteiger partial charge in [0.1, 0.15) is 5.82 Å². The van der Waals surface area contributed by atoms with Gasteiger partial charge in [0.05, 0.1) is 0 Å². The standard InChI is InChI=1S/C16H24FN3O2/c1-3-4-5-6-7-12(2)18-16(22)20-19-15(21)13-8-10-14(17)11-9-13/h8-12H,3-7H2,1-2H3,(H,19,21)(H2,18,20,22)/t12-/m0/s1. The molecule has 1 aromatic rings. The van der Waals surface area contributed by atoms with Crippen LogP contribution in [0.1, 0.15) is 56.3 Å². The summed E-state index contributed by atoms with van der Waals surface area (Å²) in [5.74, 6) is -0.912. The first-order valence-electron chi connectivity index (χ1n) is 7.65. The molecule has 0 spiro atoms. The number of amides is 3. The van der Waals surface area contributed by atoms with Crippen LogP contribution in [-0.2, 0) is 0 Å². The zero-order chi connectivity index (χ0) is 16.4. The molecular weight excluding hydrogens is 285 g/mol. The van der Waals surface area contributed by atoms with Gasteiger partial charge in [-0.25, -0.2) is 14.6 Å². The second kappa shape index (κ2) is 9.76. The molecule has 6 heteroatoms. The molecule has 3 amide bonds. The lowest BCUT2D eigenvalue weighted by Gasteiger charge is -2.15. The SMILES string of the molecule is CCCCCC[C@H](C)NC(=O)NNC(=O)c1ccc(F)cc1. The highest BCUT2D eigenvalue weighted by Crippen LogP contribution is 2.05. The fraction of sp³-hybridized carbons (Fsp3) is 0.500. The second-order valence-electron chi connectivity index (χ2n) is 5.31. The molecule has 0 saturated heterocycles. The Bertz CT molecular complexity index is 477. The molecule has 0 radical (unpaired) electrons. The van der Waals surface area contributed by atoms with Crippen molar-refractivity contribution in [3.8, 4) is 0 Å². The molecule has 1 atom stereocenters. The Hall–Kier alpha value is -2.11. The van der Waals surface area contributed by atoms with Crippen LogP contribution < -0.4 is 16.2 Å². The highest BCUT2D eigenvalue weighted by atomic mass is 19.1. The summed E-state index contributed by atoms with van der Waals surface area (Å²) in [5.41, 5.74) is 4.83. The van der Waals surface area contributed by atoms with Gasteiger partial charge in [0.15, 0.2) is 0 Å². The summed E-state index contributed by atoms with van der Waals surface area (Å²) in [6.07, 6.45) is 5.51. The average molecular weight is 309 g/mol. The molecule has 1 rings (SSSR count). The summed E-state index contributed by atoms with van der Waals surface area (Å²) in [4.78, 5) is 23.3. The van der Waals surface area contributed by atoms with Crippen molar-refractivity contribution in [3.63, 3.8) is 0 Å². The van der Waals surface area contributed by atoms with Crippen LogP contribution in [0, 0.1) is 5.82 Å². The zero-order valence-electron chi connectivity index (χ0n) is 13.1. The van der Waals surface area contributed by atoms with Gasteiger partial charge in [-0.15, -0.1) is 0 Å². The highest BCUT2D eigenvalue weighted by Gasteiger charge is 2.09. The molecular formula is C16H24FN3O2. The lowest BCUT2D eigenvalue weighted by molar-refractivity contribution is 0.0935. The van der Waals surface area contributed by atoms with Crippen molar-refractivity contribution in [2.24, 2.45) is 0 Å². The van der Waals surface area contributed by atoms with Crippen molar-refractivity contribution >= 4 is 11.9 Å². The van der Waals surface area contributed by atoms with Crippen LogP contribution in [0.2, 0.25) is 0 Å². The van der Waals surface area contributed by atoms with Crippen LogP contribution in [0.15, 0.2) is 24.3 Å². The van der Waals surface area contributed by atoms with E-state index in [4.69, 9.17) is 0 Å². The molecule has 0 aliphatic heterocycles. The summed E-state index contributed by atoms with van der Waals surface area (Å²) in [6, 6.07) is 4.65. The Morgan fingerprint density at radius 2 is 1.77 bits per heavy atom. The third kappa shape index (κ3) is 7.06. The molecule has 122 valence electrons. The molecule has 0 saturated carbocycles. The number of urea groups is 1. The number of benzene rings is 1. The van der Waals surface area contributed by atoms with Crippen LogP contribution >= 0.6 is 0 Å². The molecule has 22 heavy (non-hydrogen) atoms. The number of hydrazine groups is 1. The van der Waals surface area contributed by atoms with Crippen LogP contribution in [0.25, 0.3) is 0 Å². The first-order valence-corrected chi connectivity index (χ1v) is 7.65. The van der Waals surface area contributed by atoms with Crippen LogP contribution in [0.5, 0.6) is 0 Å². The van der Waals surface area contributed by atoms with E-state index in [-0.39, 0.29) is 11.6 Å². The molecule has 1 aromatic carbocycles. The number of unbranched alkanes of at least 4 members (excludes halogenated alkanes) is 3. The van der Waals surface area contributed by atoms with Crippen LogP contribution in [0.3, 0.4) is 0 Å². The van der Waals surface area contributed by atoms with Crippen LogP contribution in [0.4, 0.5) is 9.18 Å². The normalized spacial score (nSPS) is 11.6. The molecule has 0 heterocycles. The first kappa shape index (κ1) is 17.9. The minimum absolute atomic E-state index is 0.0413. The summed E-state index contributed by atoms with van der Waals surface area (Å²) in [5, 5.41) is 2.75. The molecule has 0 aliphatic carbocycles. The third-order valence-corrected chi connectivity index (χ3v) is 3.26. The van der Waals surface area contributed by atoms with Crippen molar-refractivity contribution in [1.82, 2.24) is 16.2 Å². The maximum atomic E-state index is 12.7. The zero-order valence-corrected chi connectivity index (χ0v) is 13.1. The number of hydrogen-bond donors (Lipinski definition) is 3. The Kier molecular flexibility index (Phi) is 7.96. The van der Waals surface area contributed by atoms with E-state index in [0.717, 1.165) is 19.3 Å². The maximum absolute atomic E-state index is 12.7. The average Bonchev–Trinajstić information content (AvgIpc) is 2.50. The maximum Gasteiger partial charge on any atom is 0.333 e. The van der Waals surface area contributed by atoms with Crippen molar-refractivity contribution in [3.05, 3.63) is 35.6 Å². The van der Waals surface area contributed by atoms with E-state index in [9.17, 15) is 14.0 Å². The molecule has 0 fully saturated rings. The number of halogens is 1. The smallest absolute Gasteiger partial charge is 0.333 e. The molecule has 0 aromatic heterocycles. The second-order valence-corrected chi connectivity index (χ2v) is 5.31. The van der Waals surface area contributed by atoms with Gasteiger partial charge in [-0.2, -0.15) is 0 Å². The lowest BCUT2D eigenvalue weighted by atomic mass is 10.1. The van der Waals surface area contributed by atoms with Gasteiger partial charge in [-0.1, -0.05) is 32.6 Å². The summed E-state index contributed by atoms with van der Waals surface area (Å²) in [6.45, 7) is 4.08. The predicted octanol–water partition coefficient (Wildman–Crippen LogP) is 3.13. The van der Waals surface area contributed by atoms with Gasteiger partial charge in [0.25, 0.3) is 5.91 Å². The van der Waals surface area contributed by atoms with Crippen molar-refractivity contribution in [2.45, 2.75) is 52.0 Å². The van der Waals surface area contributed by atoms with Gasteiger partial charge >= 0.3 is 6.03 Å². The Labute approximate surface area is 130 Å². The fourth-order valence-corrected chi connectivity index (χ4v) is 2.00. The quantitative estimate of drug-likeness (QED) is 0.535. The fourth-order valence-electron chi connectivity index (χ4n) is 2.00. The Morgan fingerprint density at radius 3 is 2.41 bits per heavy atom. The highest BCUT2D eigenvalue weighted by molar-refractivity contribution is 5.95. The van der Waals surface area contributed by atoms with Crippen molar-refractivity contribution in [2.75, 3.05) is 0 Å². The van der Waals surface area contributed by atoms with Crippen molar-refractivity contribution < 1.29 is 14.0 Å². The van der Waals surface area contributed by atoms with E-state index in [1.165, 1.54) is 37.1 Å². The molecule has 0 unspecified atom stereocenters. The van der Waals surface area contributed by atoms with E-state index >= 15 is 0 Å². The molecule has 0 bridgehead atoms. The van der Waals surface area contributed by atoms with Gasteiger partial charge in [0.2, 0.25) is 0 Å². The minimum atomic E-state index is -0.495. The van der Waals surface area contributed by atoms with E-state index in [0.29, 0.717) is 0 Å². The number of nitrogens with one attached hydrogen (secondary N) is 3. The molecule has 5 nitrogen and oxygen atoms in total. The Morgan fingerprint density at radius 1 is 1.09 bits per heavy atom. The summed E-state index contributed by atoms with van der Waals surface area (Å²) in [7, 11) is 0. The van der Waals surface area contributed by atoms with E-state index in [1.807, 2.05) is 6.92 Å².